The molecular formula is C15H19NS2. The molecule has 2 rings (SSSR count). The normalized spacial score (nSPS) is 12.6. The molecule has 1 heterocycles. The highest BCUT2D eigenvalue weighted by atomic mass is 32.2. The van der Waals surface area contributed by atoms with Crippen LogP contribution in [0.2, 0.25) is 0 Å². The molecule has 0 spiro atoms. The van der Waals surface area contributed by atoms with Gasteiger partial charge in [-0.1, -0.05) is 30.8 Å². The third-order valence-corrected chi connectivity index (χ3v) is 5.06. The van der Waals surface area contributed by atoms with Gasteiger partial charge in [0.15, 0.2) is 0 Å². The van der Waals surface area contributed by atoms with Crippen molar-refractivity contribution in [2.24, 2.45) is 5.73 Å². The third-order valence-electron chi connectivity index (χ3n) is 3.03. The number of aryl methyl sites for hydroxylation is 1. The average Bonchev–Trinajstić information content (AvgIpc) is 2.85. The molecule has 1 aromatic carbocycles. The van der Waals surface area contributed by atoms with Crippen molar-refractivity contribution < 1.29 is 0 Å². The first-order chi connectivity index (χ1) is 8.69. The second-order valence-electron chi connectivity index (χ2n) is 4.49. The molecule has 0 saturated carbocycles. The maximum absolute atomic E-state index is 6.02. The Kier molecular flexibility index (Phi) is 4.87. The Balaban J connectivity index is 2.09. The van der Waals surface area contributed by atoms with E-state index in [2.05, 4.69) is 49.6 Å². The highest BCUT2D eigenvalue weighted by Gasteiger charge is 2.06. The van der Waals surface area contributed by atoms with E-state index >= 15 is 0 Å². The van der Waals surface area contributed by atoms with Gasteiger partial charge in [-0.2, -0.15) is 0 Å². The van der Waals surface area contributed by atoms with Crippen LogP contribution in [0.15, 0.2) is 44.8 Å². The van der Waals surface area contributed by atoms with Gasteiger partial charge in [-0.15, -0.1) is 11.3 Å². The summed E-state index contributed by atoms with van der Waals surface area (Å²) in [6.07, 6.45) is 2.01. The Morgan fingerprint density at radius 3 is 2.78 bits per heavy atom. The fourth-order valence-corrected chi connectivity index (χ4v) is 3.67. The second-order valence-corrected chi connectivity index (χ2v) is 6.82. The quantitative estimate of drug-likeness (QED) is 0.871. The highest BCUT2D eigenvalue weighted by Crippen LogP contribution is 2.32. The summed E-state index contributed by atoms with van der Waals surface area (Å²) in [5.74, 6) is 0. The van der Waals surface area contributed by atoms with Gasteiger partial charge in [0.2, 0.25) is 0 Å². The van der Waals surface area contributed by atoms with Crippen LogP contribution in [-0.2, 0) is 6.42 Å². The predicted octanol–water partition coefficient (Wildman–Crippen LogP) is 4.49. The van der Waals surface area contributed by atoms with E-state index in [1.54, 1.807) is 11.3 Å². The fourth-order valence-electron chi connectivity index (χ4n) is 1.83. The number of hydrogen-bond acceptors (Lipinski definition) is 3. The summed E-state index contributed by atoms with van der Waals surface area (Å²) in [5, 5.41) is 2.11. The van der Waals surface area contributed by atoms with Gasteiger partial charge in [0.05, 0.1) is 4.21 Å². The van der Waals surface area contributed by atoms with Crippen molar-refractivity contribution in [1.82, 2.24) is 0 Å². The molecule has 1 unspecified atom stereocenters. The van der Waals surface area contributed by atoms with E-state index in [1.165, 1.54) is 20.2 Å². The zero-order valence-electron chi connectivity index (χ0n) is 10.8. The number of nitrogens with two attached hydrogens (primary N) is 1. The van der Waals surface area contributed by atoms with Crippen molar-refractivity contribution in [2.45, 2.75) is 41.8 Å². The van der Waals surface area contributed by atoms with E-state index in [-0.39, 0.29) is 6.04 Å². The van der Waals surface area contributed by atoms with E-state index in [0.29, 0.717) is 0 Å². The molecule has 1 atom stereocenters. The van der Waals surface area contributed by atoms with Gasteiger partial charge in [-0.3, -0.25) is 0 Å². The van der Waals surface area contributed by atoms with Gasteiger partial charge < -0.3 is 5.73 Å². The summed E-state index contributed by atoms with van der Waals surface area (Å²) in [5.41, 5.74) is 8.74. The molecule has 1 nitrogen and oxygen atoms in total. The Bertz CT molecular complexity index is 491. The molecule has 3 heteroatoms. The van der Waals surface area contributed by atoms with Crippen LogP contribution < -0.4 is 5.73 Å². The summed E-state index contributed by atoms with van der Waals surface area (Å²) in [4.78, 5) is 1.31. The molecular weight excluding hydrogens is 258 g/mol. The maximum atomic E-state index is 6.02. The van der Waals surface area contributed by atoms with Gasteiger partial charge >= 0.3 is 0 Å². The van der Waals surface area contributed by atoms with Crippen LogP contribution >= 0.6 is 23.1 Å². The molecule has 2 aromatic rings. The summed E-state index contributed by atoms with van der Waals surface area (Å²) in [6.45, 7) is 4.32. The van der Waals surface area contributed by atoms with Crippen LogP contribution in [0.4, 0.5) is 0 Å². The van der Waals surface area contributed by atoms with Crippen molar-refractivity contribution in [3.05, 3.63) is 46.8 Å². The number of thiophene rings is 1. The highest BCUT2D eigenvalue weighted by molar-refractivity contribution is 8.01. The molecule has 0 saturated heterocycles. The van der Waals surface area contributed by atoms with E-state index in [0.717, 1.165) is 12.8 Å². The number of rotatable bonds is 5. The van der Waals surface area contributed by atoms with E-state index in [9.17, 15) is 0 Å². The maximum Gasteiger partial charge on any atom is 0.0646 e. The van der Waals surface area contributed by atoms with E-state index < -0.39 is 0 Å². The second kappa shape index (κ2) is 6.41. The lowest BCUT2D eigenvalue weighted by Gasteiger charge is -2.12. The molecule has 0 aliphatic heterocycles. The third kappa shape index (κ3) is 3.61. The SMILES string of the molecule is CCC(N)Cc1ccc(Sc2cccs2)cc1C. The Morgan fingerprint density at radius 1 is 1.33 bits per heavy atom. The zero-order valence-corrected chi connectivity index (χ0v) is 12.5. The lowest BCUT2D eigenvalue weighted by atomic mass is 10.0. The van der Waals surface area contributed by atoms with Crippen LogP contribution in [-0.4, -0.2) is 6.04 Å². The van der Waals surface area contributed by atoms with Crippen molar-refractivity contribution >= 4 is 23.1 Å². The molecule has 0 aliphatic carbocycles. The summed E-state index contributed by atoms with van der Waals surface area (Å²) < 4.78 is 1.34. The molecule has 18 heavy (non-hydrogen) atoms. The molecule has 0 amide bonds. The van der Waals surface area contributed by atoms with Gasteiger partial charge in [0.1, 0.15) is 0 Å². The summed E-state index contributed by atoms with van der Waals surface area (Å²) >= 11 is 3.61. The van der Waals surface area contributed by atoms with Crippen molar-refractivity contribution in [3.63, 3.8) is 0 Å². The monoisotopic (exact) mass is 277 g/mol. The minimum Gasteiger partial charge on any atom is -0.327 e. The van der Waals surface area contributed by atoms with Gasteiger partial charge in [-0.05, 0) is 54.5 Å². The van der Waals surface area contributed by atoms with Crippen molar-refractivity contribution in [1.29, 1.82) is 0 Å². The topological polar surface area (TPSA) is 26.0 Å². The van der Waals surface area contributed by atoms with Gasteiger partial charge in [-0.25, -0.2) is 0 Å². The first kappa shape index (κ1) is 13.7. The predicted molar refractivity (Wildman–Crippen MR) is 81.6 cm³/mol. The van der Waals surface area contributed by atoms with Gasteiger partial charge in [0.25, 0.3) is 0 Å². The lowest BCUT2D eigenvalue weighted by molar-refractivity contribution is 0.644. The minimum absolute atomic E-state index is 0.277. The van der Waals surface area contributed by atoms with Crippen molar-refractivity contribution in [3.8, 4) is 0 Å². The summed E-state index contributed by atoms with van der Waals surface area (Å²) in [7, 11) is 0. The molecule has 0 radical (unpaired) electrons. The molecule has 0 aliphatic rings. The van der Waals surface area contributed by atoms with Crippen molar-refractivity contribution in [2.75, 3.05) is 0 Å². The Hall–Kier alpha value is -0.770. The molecule has 1 aromatic heterocycles. The van der Waals surface area contributed by atoms with Crippen LogP contribution in [0.25, 0.3) is 0 Å². The largest absolute Gasteiger partial charge is 0.327 e. The van der Waals surface area contributed by atoms with Gasteiger partial charge in [0, 0.05) is 10.9 Å². The molecule has 0 fully saturated rings. The molecule has 0 bridgehead atoms. The van der Waals surface area contributed by atoms with Crippen LogP contribution in [0.1, 0.15) is 24.5 Å². The van der Waals surface area contributed by atoms with E-state index in [4.69, 9.17) is 5.73 Å². The van der Waals surface area contributed by atoms with Crippen LogP contribution in [0, 0.1) is 6.92 Å². The Labute approximate surface area is 117 Å². The smallest absolute Gasteiger partial charge is 0.0646 e. The molecule has 96 valence electrons. The van der Waals surface area contributed by atoms with Crippen LogP contribution in [0.3, 0.4) is 0 Å². The number of hydrogen-bond donors (Lipinski definition) is 1. The van der Waals surface area contributed by atoms with E-state index in [1.807, 2.05) is 11.8 Å². The Morgan fingerprint density at radius 2 is 2.17 bits per heavy atom. The minimum atomic E-state index is 0.277. The first-order valence-corrected chi connectivity index (χ1v) is 7.95. The molecule has 2 N–H and O–H groups in total. The fraction of sp³-hybridized carbons (Fsp3) is 0.333. The number of benzene rings is 1. The van der Waals surface area contributed by atoms with Crippen LogP contribution in [0.5, 0.6) is 0 Å². The zero-order chi connectivity index (χ0) is 13.0. The standard InChI is InChI=1S/C15H19NS2/c1-3-13(16)10-12-6-7-14(9-11(12)2)18-15-5-4-8-17-15/h4-9,13H,3,10,16H2,1-2H3. The first-order valence-electron chi connectivity index (χ1n) is 6.25. The average molecular weight is 277 g/mol. The lowest BCUT2D eigenvalue weighted by Crippen LogP contribution is -2.21. The summed E-state index contributed by atoms with van der Waals surface area (Å²) in [6, 6.07) is 11.2.